The van der Waals surface area contributed by atoms with Crippen LogP contribution in [0, 0.1) is 0 Å². The first kappa shape index (κ1) is 8.49. The number of hydrogen-bond acceptors (Lipinski definition) is 1. The van der Waals surface area contributed by atoms with Gasteiger partial charge in [-0.25, -0.2) is 4.98 Å². The van der Waals surface area contributed by atoms with Crippen LogP contribution in [0.3, 0.4) is 0 Å². The molecule has 0 fully saturated rings. The molecular weight excluding hydrogens is 176 g/mol. The van der Waals surface area contributed by atoms with Crippen molar-refractivity contribution in [2.75, 3.05) is 11.9 Å². The highest BCUT2D eigenvalue weighted by atomic mass is 32.1. The van der Waals surface area contributed by atoms with Gasteiger partial charge in [-0.2, -0.15) is 0 Å². The van der Waals surface area contributed by atoms with E-state index >= 15 is 0 Å². The monoisotopic (exact) mass is 185 g/mol. The Morgan fingerprint density at radius 1 is 1.55 bits per heavy atom. The quantitative estimate of drug-likeness (QED) is 0.522. The summed E-state index contributed by atoms with van der Waals surface area (Å²) in [4.78, 5) is 4.76. The lowest BCUT2D eigenvalue weighted by molar-refractivity contribution is -0.377. The Morgan fingerprint density at radius 2 is 2.09 bits per heavy atom. The van der Waals surface area contributed by atoms with Crippen molar-refractivity contribution >= 4 is 34.9 Å². The molecule has 0 aliphatic heterocycles. The number of thiol groups is 1. The fourth-order valence-electron chi connectivity index (χ4n) is 0.712. The number of pyridine rings is 1. The molecule has 0 atom stereocenters. The van der Waals surface area contributed by atoms with E-state index in [0.29, 0.717) is 4.32 Å². The van der Waals surface area contributed by atoms with Gasteiger partial charge in [-0.3, -0.25) is 0 Å². The van der Waals surface area contributed by atoms with Crippen LogP contribution >= 0.6 is 24.8 Å². The first-order chi connectivity index (χ1) is 5.22. The van der Waals surface area contributed by atoms with Crippen LogP contribution in [0.5, 0.6) is 0 Å². The van der Waals surface area contributed by atoms with Crippen LogP contribution in [-0.4, -0.2) is 11.4 Å². The van der Waals surface area contributed by atoms with Gasteiger partial charge in [-0.1, -0.05) is 12.2 Å². The van der Waals surface area contributed by atoms with Crippen molar-refractivity contribution < 1.29 is 4.98 Å². The Hall–Kier alpha value is -0.610. The SMILES string of the molecule is CN(C(=S)S)c1cc[nH+]cc1. The van der Waals surface area contributed by atoms with Crippen LogP contribution in [0.2, 0.25) is 0 Å². The van der Waals surface area contributed by atoms with Gasteiger partial charge >= 0.3 is 0 Å². The number of anilines is 1. The summed E-state index contributed by atoms with van der Waals surface area (Å²) in [5.41, 5.74) is 1.03. The molecule has 0 unspecified atom stereocenters. The molecule has 0 radical (unpaired) electrons. The maximum atomic E-state index is 4.88. The minimum atomic E-state index is 0.566. The summed E-state index contributed by atoms with van der Waals surface area (Å²) in [6, 6.07) is 3.87. The molecule has 0 bridgehead atoms. The van der Waals surface area contributed by atoms with E-state index in [1.54, 1.807) is 0 Å². The largest absolute Gasteiger partial charge is 0.330 e. The number of hydrogen-bond donors (Lipinski definition) is 1. The molecule has 1 aromatic heterocycles. The molecule has 0 aromatic carbocycles. The van der Waals surface area contributed by atoms with Crippen LogP contribution in [-0.2, 0) is 0 Å². The maximum absolute atomic E-state index is 4.88. The van der Waals surface area contributed by atoms with Gasteiger partial charge in [-0.05, 0) is 0 Å². The number of nitrogens with one attached hydrogen (secondary N) is 1. The van der Waals surface area contributed by atoms with Crippen molar-refractivity contribution in [3.8, 4) is 0 Å². The van der Waals surface area contributed by atoms with Gasteiger partial charge in [0.05, 0.1) is 5.69 Å². The molecule has 1 heterocycles. The Kier molecular flexibility index (Phi) is 2.84. The number of aromatic nitrogens is 1. The van der Waals surface area contributed by atoms with E-state index in [9.17, 15) is 0 Å². The van der Waals surface area contributed by atoms with E-state index in [1.807, 2.05) is 36.5 Å². The standard InChI is InChI=1S/C7H8N2S2/c1-9(7(10)11)6-2-4-8-5-3-6/h2-5H,1H3,(H,10,11)/p+1. The zero-order valence-electron chi connectivity index (χ0n) is 6.11. The molecule has 58 valence electrons. The average Bonchev–Trinajstić information content (AvgIpc) is 2.05. The summed E-state index contributed by atoms with van der Waals surface area (Å²) >= 11 is 8.93. The normalized spacial score (nSPS) is 9.27. The van der Waals surface area contributed by atoms with E-state index in [0.717, 1.165) is 5.69 Å². The summed E-state index contributed by atoms with van der Waals surface area (Å²) in [5, 5.41) is 0. The molecule has 11 heavy (non-hydrogen) atoms. The van der Waals surface area contributed by atoms with E-state index in [2.05, 4.69) is 17.6 Å². The van der Waals surface area contributed by atoms with Crippen LogP contribution in [0.25, 0.3) is 0 Å². The molecule has 0 saturated carbocycles. The van der Waals surface area contributed by atoms with E-state index in [-0.39, 0.29) is 0 Å². The van der Waals surface area contributed by atoms with Gasteiger partial charge in [0.15, 0.2) is 12.4 Å². The van der Waals surface area contributed by atoms with Gasteiger partial charge in [0.25, 0.3) is 0 Å². The second-order valence-electron chi connectivity index (χ2n) is 2.10. The zero-order valence-corrected chi connectivity index (χ0v) is 7.82. The summed E-state index contributed by atoms with van der Waals surface area (Å²) in [5.74, 6) is 0. The van der Waals surface area contributed by atoms with E-state index in [1.165, 1.54) is 0 Å². The van der Waals surface area contributed by atoms with Crippen LogP contribution in [0.4, 0.5) is 5.69 Å². The molecule has 1 aromatic rings. The molecule has 1 rings (SSSR count). The summed E-state index contributed by atoms with van der Waals surface area (Å²) in [7, 11) is 1.88. The molecule has 0 spiro atoms. The number of rotatable bonds is 1. The summed E-state index contributed by atoms with van der Waals surface area (Å²) in [6.45, 7) is 0. The van der Waals surface area contributed by atoms with Gasteiger partial charge < -0.3 is 4.90 Å². The Morgan fingerprint density at radius 3 is 2.55 bits per heavy atom. The van der Waals surface area contributed by atoms with Gasteiger partial charge in [0.1, 0.15) is 4.32 Å². The van der Waals surface area contributed by atoms with Crippen molar-refractivity contribution in [2.45, 2.75) is 0 Å². The lowest BCUT2D eigenvalue weighted by Crippen LogP contribution is -2.19. The van der Waals surface area contributed by atoms with Gasteiger partial charge in [0.2, 0.25) is 0 Å². The Balaban J connectivity index is 2.85. The van der Waals surface area contributed by atoms with Crippen LogP contribution in [0.1, 0.15) is 0 Å². The van der Waals surface area contributed by atoms with Crippen LogP contribution in [0.15, 0.2) is 24.5 Å². The van der Waals surface area contributed by atoms with Gasteiger partial charge in [0, 0.05) is 19.2 Å². The molecular formula is C7H9N2S2+. The second kappa shape index (κ2) is 3.69. The number of H-pyrrole nitrogens is 1. The summed E-state index contributed by atoms with van der Waals surface area (Å²) < 4.78 is 0.566. The number of thiocarbonyl (C=S) groups is 1. The van der Waals surface area contributed by atoms with Crippen molar-refractivity contribution in [1.82, 2.24) is 0 Å². The van der Waals surface area contributed by atoms with Crippen molar-refractivity contribution in [3.05, 3.63) is 24.5 Å². The third-order valence-corrected chi connectivity index (χ3v) is 1.95. The lowest BCUT2D eigenvalue weighted by Gasteiger charge is -2.14. The zero-order chi connectivity index (χ0) is 8.27. The fourth-order valence-corrected chi connectivity index (χ4v) is 0.933. The smallest absolute Gasteiger partial charge is 0.169 e. The van der Waals surface area contributed by atoms with Crippen molar-refractivity contribution in [2.24, 2.45) is 0 Å². The van der Waals surface area contributed by atoms with Crippen LogP contribution < -0.4 is 9.88 Å². The average molecular weight is 185 g/mol. The summed E-state index contributed by atoms with van der Waals surface area (Å²) in [6.07, 6.45) is 3.69. The molecule has 0 saturated heterocycles. The topological polar surface area (TPSA) is 17.4 Å². The molecule has 0 aliphatic carbocycles. The predicted molar refractivity (Wildman–Crippen MR) is 53.0 cm³/mol. The maximum Gasteiger partial charge on any atom is 0.169 e. The highest BCUT2D eigenvalue weighted by molar-refractivity contribution is 8.11. The third kappa shape index (κ3) is 2.17. The van der Waals surface area contributed by atoms with Crippen molar-refractivity contribution in [3.63, 3.8) is 0 Å². The molecule has 2 nitrogen and oxygen atoms in total. The van der Waals surface area contributed by atoms with Gasteiger partial charge in [-0.15, -0.1) is 12.6 Å². The number of nitrogens with zero attached hydrogens (tertiary/aromatic N) is 1. The minimum absolute atomic E-state index is 0.566. The Bertz CT molecular complexity index is 248. The molecule has 1 N–H and O–H groups in total. The molecule has 4 heteroatoms. The molecule has 0 aliphatic rings. The molecule has 0 amide bonds. The first-order valence-electron chi connectivity index (χ1n) is 3.14. The Labute approximate surface area is 76.7 Å². The first-order valence-corrected chi connectivity index (χ1v) is 4.00. The van der Waals surface area contributed by atoms with E-state index in [4.69, 9.17) is 12.2 Å². The van der Waals surface area contributed by atoms with Crippen molar-refractivity contribution in [1.29, 1.82) is 0 Å². The van der Waals surface area contributed by atoms with E-state index < -0.39 is 0 Å². The lowest BCUT2D eigenvalue weighted by atomic mass is 10.4. The predicted octanol–water partition coefficient (Wildman–Crippen LogP) is 1.15. The third-order valence-electron chi connectivity index (χ3n) is 1.37. The fraction of sp³-hybridized carbons (Fsp3) is 0.143. The number of aromatic amines is 1. The second-order valence-corrected chi connectivity index (χ2v) is 3.21. The highest BCUT2D eigenvalue weighted by Gasteiger charge is 2.01. The highest BCUT2D eigenvalue weighted by Crippen LogP contribution is 2.10. The minimum Gasteiger partial charge on any atom is -0.330 e.